The average Bonchev–Trinajstić information content (AvgIpc) is 2.34. The standard InChI is InChI=1S/C17H37N/c1-5-7-13-17(3,4)14-11-9-10-12-16-18-15-8-6-2/h18H,5-16H2,1-4H3. The first-order valence-electron chi connectivity index (χ1n) is 8.33. The van der Waals surface area contributed by atoms with E-state index in [-0.39, 0.29) is 0 Å². The molecule has 0 radical (unpaired) electrons. The van der Waals surface area contributed by atoms with Crippen LogP contribution >= 0.6 is 0 Å². The Hall–Kier alpha value is -0.0400. The van der Waals surface area contributed by atoms with Crippen LogP contribution in [0.1, 0.15) is 91.9 Å². The van der Waals surface area contributed by atoms with Crippen LogP contribution in [0, 0.1) is 5.41 Å². The summed E-state index contributed by atoms with van der Waals surface area (Å²) in [5.41, 5.74) is 0.579. The Morgan fingerprint density at radius 3 is 1.89 bits per heavy atom. The van der Waals surface area contributed by atoms with Gasteiger partial charge in [-0.05, 0) is 44.2 Å². The third kappa shape index (κ3) is 12.4. The molecule has 1 heteroatoms. The quantitative estimate of drug-likeness (QED) is 0.426. The van der Waals surface area contributed by atoms with Crippen molar-refractivity contribution >= 4 is 0 Å². The summed E-state index contributed by atoms with van der Waals surface area (Å²) in [6.45, 7) is 11.9. The van der Waals surface area contributed by atoms with Crippen LogP contribution in [0.25, 0.3) is 0 Å². The van der Waals surface area contributed by atoms with E-state index in [2.05, 4.69) is 33.0 Å². The Balaban J connectivity index is 3.23. The van der Waals surface area contributed by atoms with Gasteiger partial charge >= 0.3 is 0 Å². The molecule has 0 rings (SSSR count). The molecule has 0 spiro atoms. The molecule has 110 valence electrons. The Morgan fingerprint density at radius 1 is 0.667 bits per heavy atom. The van der Waals surface area contributed by atoms with Crippen LogP contribution in [0.15, 0.2) is 0 Å². The minimum Gasteiger partial charge on any atom is -0.317 e. The zero-order chi connectivity index (χ0) is 13.7. The Morgan fingerprint density at radius 2 is 1.22 bits per heavy atom. The third-order valence-corrected chi connectivity index (χ3v) is 3.87. The lowest BCUT2D eigenvalue weighted by atomic mass is 9.82. The van der Waals surface area contributed by atoms with E-state index < -0.39 is 0 Å². The summed E-state index contributed by atoms with van der Waals surface area (Å²) >= 11 is 0. The van der Waals surface area contributed by atoms with Gasteiger partial charge in [-0.1, -0.05) is 66.2 Å². The fraction of sp³-hybridized carbons (Fsp3) is 1.00. The highest BCUT2D eigenvalue weighted by Crippen LogP contribution is 2.29. The minimum atomic E-state index is 0.579. The molecular formula is C17H37N. The normalized spacial score (nSPS) is 12.0. The molecule has 0 fully saturated rings. The smallest absolute Gasteiger partial charge is 0.00489 e. The second-order valence-electron chi connectivity index (χ2n) is 6.54. The van der Waals surface area contributed by atoms with Gasteiger partial charge in [0.25, 0.3) is 0 Å². The summed E-state index contributed by atoms with van der Waals surface area (Å²) in [6.07, 6.45) is 13.8. The van der Waals surface area contributed by atoms with Gasteiger partial charge in [0.2, 0.25) is 0 Å². The first kappa shape index (κ1) is 18.0. The van der Waals surface area contributed by atoms with Crippen LogP contribution < -0.4 is 5.32 Å². The summed E-state index contributed by atoms with van der Waals surface area (Å²) in [7, 11) is 0. The van der Waals surface area contributed by atoms with Crippen LogP contribution in [0.2, 0.25) is 0 Å². The van der Waals surface area contributed by atoms with Gasteiger partial charge in [0.1, 0.15) is 0 Å². The van der Waals surface area contributed by atoms with Crippen molar-refractivity contribution in [2.75, 3.05) is 13.1 Å². The van der Waals surface area contributed by atoms with Crippen molar-refractivity contribution in [1.82, 2.24) is 5.32 Å². The molecule has 0 heterocycles. The summed E-state index contributed by atoms with van der Waals surface area (Å²) in [4.78, 5) is 0. The van der Waals surface area contributed by atoms with Gasteiger partial charge in [0.05, 0.1) is 0 Å². The van der Waals surface area contributed by atoms with Crippen molar-refractivity contribution in [2.45, 2.75) is 91.9 Å². The van der Waals surface area contributed by atoms with Crippen molar-refractivity contribution in [3.63, 3.8) is 0 Å². The van der Waals surface area contributed by atoms with Crippen LogP contribution in [0.5, 0.6) is 0 Å². The molecule has 0 saturated heterocycles. The van der Waals surface area contributed by atoms with E-state index >= 15 is 0 Å². The van der Waals surface area contributed by atoms with E-state index in [1.54, 1.807) is 0 Å². The fourth-order valence-corrected chi connectivity index (χ4v) is 2.41. The lowest BCUT2D eigenvalue weighted by Gasteiger charge is -2.24. The van der Waals surface area contributed by atoms with E-state index in [9.17, 15) is 0 Å². The second-order valence-corrected chi connectivity index (χ2v) is 6.54. The Labute approximate surface area is 116 Å². The zero-order valence-corrected chi connectivity index (χ0v) is 13.5. The first-order chi connectivity index (χ1) is 8.62. The Bertz CT molecular complexity index is 163. The molecule has 0 aromatic heterocycles. The molecule has 0 bridgehead atoms. The number of hydrogen-bond acceptors (Lipinski definition) is 1. The molecule has 0 aliphatic rings. The molecule has 0 atom stereocenters. The van der Waals surface area contributed by atoms with Crippen LogP contribution in [-0.2, 0) is 0 Å². The highest BCUT2D eigenvalue weighted by molar-refractivity contribution is 4.68. The number of nitrogens with one attached hydrogen (secondary N) is 1. The molecule has 1 N–H and O–H groups in total. The van der Waals surface area contributed by atoms with Gasteiger partial charge < -0.3 is 5.32 Å². The van der Waals surface area contributed by atoms with Crippen LogP contribution in [0.3, 0.4) is 0 Å². The van der Waals surface area contributed by atoms with Crippen molar-refractivity contribution in [3.05, 3.63) is 0 Å². The molecule has 0 saturated carbocycles. The van der Waals surface area contributed by atoms with Gasteiger partial charge in [0.15, 0.2) is 0 Å². The number of rotatable bonds is 13. The van der Waals surface area contributed by atoms with Gasteiger partial charge in [-0.2, -0.15) is 0 Å². The maximum absolute atomic E-state index is 3.52. The van der Waals surface area contributed by atoms with Crippen molar-refractivity contribution in [2.24, 2.45) is 5.41 Å². The van der Waals surface area contributed by atoms with Crippen molar-refractivity contribution in [1.29, 1.82) is 0 Å². The summed E-state index contributed by atoms with van der Waals surface area (Å²) in [6, 6.07) is 0. The molecule has 0 amide bonds. The van der Waals surface area contributed by atoms with Gasteiger partial charge in [0, 0.05) is 0 Å². The largest absolute Gasteiger partial charge is 0.317 e. The van der Waals surface area contributed by atoms with Gasteiger partial charge in [-0.15, -0.1) is 0 Å². The summed E-state index contributed by atoms with van der Waals surface area (Å²) < 4.78 is 0. The highest BCUT2D eigenvalue weighted by Gasteiger charge is 2.15. The van der Waals surface area contributed by atoms with Gasteiger partial charge in [-0.3, -0.25) is 0 Å². The zero-order valence-electron chi connectivity index (χ0n) is 13.5. The summed E-state index contributed by atoms with van der Waals surface area (Å²) in [5, 5.41) is 3.52. The molecule has 1 nitrogen and oxygen atoms in total. The Kier molecular flexibility index (Phi) is 12.0. The fourth-order valence-electron chi connectivity index (χ4n) is 2.41. The average molecular weight is 255 g/mol. The molecule has 0 aliphatic heterocycles. The topological polar surface area (TPSA) is 12.0 Å². The van der Waals surface area contributed by atoms with E-state index in [1.165, 1.54) is 77.3 Å². The third-order valence-electron chi connectivity index (χ3n) is 3.87. The molecule has 0 unspecified atom stereocenters. The minimum absolute atomic E-state index is 0.579. The lowest BCUT2D eigenvalue weighted by molar-refractivity contribution is 0.285. The van der Waals surface area contributed by atoms with Crippen molar-refractivity contribution < 1.29 is 0 Å². The molecule has 0 aromatic carbocycles. The lowest BCUT2D eigenvalue weighted by Crippen LogP contribution is -2.16. The van der Waals surface area contributed by atoms with E-state index in [0.717, 1.165) is 0 Å². The second kappa shape index (κ2) is 12.0. The van der Waals surface area contributed by atoms with E-state index in [4.69, 9.17) is 0 Å². The molecule has 0 aromatic rings. The first-order valence-corrected chi connectivity index (χ1v) is 8.33. The van der Waals surface area contributed by atoms with E-state index in [1.807, 2.05) is 0 Å². The number of hydrogen-bond donors (Lipinski definition) is 1. The maximum Gasteiger partial charge on any atom is -0.00489 e. The van der Waals surface area contributed by atoms with Crippen molar-refractivity contribution in [3.8, 4) is 0 Å². The monoisotopic (exact) mass is 255 g/mol. The summed E-state index contributed by atoms with van der Waals surface area (Å²) in [5.74, 6) is 0. The molecule has 0 aliphatic carbocycles. The maximum atomic E-state index is 3.52. The van der Waals surface area contributed by atoms with E-state index in [0.29, 0.717) is 5.41 Å². The van der Waals surface area contributed by atoms with Gasteiger partial charge in [-0.25, -0.2) is 0 Å². The SMILES string of the molecule is CCCCNCCCCCCC(C)(C)CCCC. The predicted molar refractivity (Wildman–Crippen MR) is 84.2 cm³/mol. The van der Waals surface area contributed by atoms with Crippen LogP contribution in [-0.4, -0.2) is 13.1 Å². The van der Waals surface area contributed by atoms with Crippen LogP contribution in [0.4, 0.5) is 0 Å². The predicted octanol–water partition coefficient (Wildman–Crippen LogP) is 5.54. The number of unbranched alkanes of at least 4 members (excludes halogenated alkanes) is 5. The molecule has 18 heavy (non-hydrogen) atoms. The molecular weight excluding hydrogens is 218 g/mol. The highest BCUT2D eigenvalue weighted by atomic mass is 14.8.